The number of amides is 1. The second-order valence-corrected chi connectivity index (χ2v) is 7.28. The van der Waals surface area contributed by atoms with Gasteiger partial charge in [0.15, 0.2) is 11.5 Å². The topological polar surface area (TPSA) is 72.5 Å². The van der Waals surface area contributed by atoms with Gasteiger partial charge in [0.25, 0.3) is 5.91 Å². The lowest BCUT2D eigenvalue weighted by Crippen LogP contribution is -2.21. The number of allylic oxidation sites excluding steroid dienone is 4. The Bertz CT molecular complexity index is 1060. The number of pyridine rings is 1. The number of carbonyl (C=O) groups is 1. The van der Waals surface area contributed by atoms with Crippen LogP contribution >= 0.6 is 0 Å². The zero-order valence-corrected chi connectivity index (χ0v) is 18.0. The number of aromatic nitrogens is 1. The van der Waals surface area contributed by atoms with Crippen LogP contribution in [0.4, 0.5) is 15.8 Å². The molecule has 0 aliphatic carbocycles. The van der Waals surface area contributed by atoms with Crippen molar-refractivity contribution in [3.05, 3.63) is 53.1 Å². The summed E-state index contributed by atoms with van der Waals surface area (Å²) in [5, 5.41) is 5.89. The van der Waals surface area contributed by atoms with Crippen molar-refractivity contribution in [1.29, 1.82) is 0 Å². The van der Waals surface area contributed by atoms with E-state index in [1.165, 1.54) is 18.3 Å². The Morgan fingerprint density at radius 3 is 2.67 bits per heavy atom. The third-order valence-electron chi connectivity index (χ3n) is 4.95. The van der Waals surface area contributed by atoms with Crippen LogP contribution in [0.3, 0.4) is 0 Å². The first-order valence-corrected chi connectivity index (χ1v) is 9.73. The number of anilines is 2. The summed E-state index contributed by atoms with van der Waals surface area (Å²) in [6.07, 6.45) is 4.20. The first kappa shape index (κ1) is 21.4. The van der Waals surface area contributed by atoms with Gasteiger partial charge < -0.3 is 20.1 Å². The lowest BCUT2D eigenvalue weighted by atomic mass is 10.00. The van der Waals surface area contributed by atoms with E-state index < -0.39 is 0 Å². The molecule has 1 aromatic heterocycles. The number of halogens is 1. The van der Waals surface area contributed by atoms with E-state index >= 15 is 0 Å². The quantitative estimate of drug-likeness (QED) is 0.527. The number of benzene rings is 1. The summed E-state index contributed by atoms with van der Waals surface area (Å²) >= 11 is 0. The van der Waals surface area contributed by atoms with Crippen molar-refractivity contribution in [2.45, 2.75) is 33.6 Å². The number of nitrogens with one attached hydrogen (secondary N) is 2. The van der Waals surface area contributed by atoms with Crippen LogP contribution in [0.25, 0.3) is 5.57 Å². The van der Waals surface area contributed by atoms with E-state index in [0.717, 1.165) is 5.56 Å². The van der Waals surface area contributed by atoms with Gasteiger partial charge in [0, 0.05) is 13.2 Å². The van der Waals surface area contributed by atoms with E-state index in [0.29, 0.717) is 45.5 Å². The number of hydrogen-bond acceptors (Lipinski definition) is 5. The third-order valence-corrected chi connectivity index (χ3v) is 4.95. The van der Waals surface area contributed by atoms with E-state index in [4.69, 9.17) is 9.47 Å². The normalized spacial score (nSPS) is 13.2. The van der Waals surface area contributed by atoms with E-state index in [2.05, 4.69) is 29.5 Å². The maximum absolute atomic E-state index is 13.9. The van der Waals surface area contributed by atoms with Crippen LogP contribution in [0.5, 0.6) is 17.2 Å². The molecular weight excluding hydrogens is 385 g/mol. The Balaban J connectivity index is 2.24. The largest absolute Gasteiger partial charge is 0.494 e. The van der Waals surface area contributed by atoms with E-state index in [9.17, 15) is 9.18 Å². The standard InChI is InChI=1S/C23H26FN3O3/c1-7-15(24)8-13(4)19-22-20(16(11-26-19)23(28)25-5)27-21-17(29-6)9-14(12(2)3)10-18(21)30-22/h7-12,27H,1-6H3,(H,25,28)/b13-8+,15-7+. The second kappa shape index (κ2) is 8.57. The van der Waals surface area contributed by atoms with Crippen molar-refractivity contribution in [3.8, 4) is 17.2 Å². The van der Waals surface area contributed by atoms with Crippen molar-refractivity contribution in [3.63, 3.8) is 0 Å². The summed E-state index contributed by atoms with van der Waals surface area (Å²) in [5.74, 6) is 1.09. The molecule has 0 unspecified atom stereocenters. The van der Waals surface area contributed by atoms with Crippen LogP contribution in [-0.2, 0) is 0 Å². The van der Waals surface area contributed by atoms with Gasteiger partial charge in [0.2, 0.25) is 0 Å². The van der Waals surface area contributed by atoms with Crippen LogP contribution in [0.2, 0.25) is 0 Å². The molecule has 7 heteroatoms. The summed E-state index contributed by atoms with van der Waals surface area (Å²) in [6, 6.07) is 3.87. The predicted octanol–water partition coefficient (Wildman–Crippen LogP) is 5.70. The van der Waals surface area contributed by atoms with E-state index in [1.807, 2.05) is 12.1 Å². The maximum Gasteiger partial charge on any atom is 0.254 e. The van der Waals surface area contributed by atoms with Crippen molar-refractivity contribution >= 4 is 22.9 Å². The molecule has 0 radical (unpaired) electrons. The second-order valence-electron chi connectivity index (χ2n) is 7.28. The molecule has 2 aromatic rings. The summed E-state index contributed by atoms with van der Waals surface area (Å²) in [4.78, 5) is 16.8. The fraction of sp³-hybridized carbons (Fsp3) is 0.304. The lowest BCUT2D eigenvalue weighted by Gasteiger charge is -2.27. The summed E-state index contributed by atoms with van der Waals surface area (Å²) in [5.41, 5.74) is 3.45. The van der Waals surface area contributed by atoms with E-state index in [1.54, 1.807) is 28.0 Å². The Kier molecular flexibility index (Phi) is 6.10. The van der Waals surface area contributed by atoms with Crippen molar-refractivity contribution in [2.24, 2.45) is 0 Å². The van der Waals surface area contributed by atoms with Crippen LogP contribution in [-0.4, -0.2) is 25.0 Å². The molecule has 2 N–H and O–H groups in total. The van der Waals surface area contributed by atoms with Crippen molar-refractivity contribution < 1.29 is 18.7 Å². The molecule has 0 atom stereocenters. The fourth-order valence-electron chi connectivity index (χ4n) is 3.21. The van der Waals surface area contributed by atoms with Gasteiger partial charge in [-0.3, -0.25) is 9.78 Å². The predicted molar refractivity (Wildman–Crippen MR) is 117 cm³/mol. The SMILES string of the molecule is C/C=C(F)\C=C(/C)c1ncc(C(=O)NC)c2c1Oc1cc(C(C)C)cc(OC)c1N2. The van der Waals surface area contributed by atoms with Crippen molar-refractivity contribution in [1.82, 2.24) is 10.3 Å². The minimum Gasteiger partial charge on any atom is -0.494 e. The molecule has 0 saturated carbocycles. The third kappa shape index (κ3) is 3.87. The lowest BCUT2D eigenvalue weighted by molar-refractivity contribution is 0.0963. The summed E-state index contributed by atoms with van der Waals surface area (Å²) in [6.45, 7) is 7.52. The number of carbonyl (C=O) groups excluding carboxylic acids is 1. The molecule has 158 valence electrons. The average Bonchev–Trinajstić information content (AvgIpc) is 2.75. The number of rotatable bonds is 5. The molecule has 3 rings (SSSR count). The Morgan fingerprint density at radius 2 is 2.07 bits per heavy atom. The molecule has 0 bridgehead atoms. The van der Waals surface area contributed by atoms with Crippen LogP contribution in [0.15, 0.2) is 36.3 Å². The Labute approximate surface area is 175 Å². The smallest absolute Gasteiger partial charge is 0.254 e. The molecule has 1 aliphatic heterocycles. The van der Waals surface area contributed by atoms with Crippen LogP contribution in [0.1, 0.15) is 55.2 Å². The first-order valence-electron chi connectivity index (χ1n) is 9.73. The summed E-state index contributed by atoms with van der Waals surface area (Å²) in [7, 11) is 3.13. The highest BCUT2D eigenvalue weighted by Crippen LogP contribution is 2.50. The number of ether oxygens (including phenoxy) is 2. The number of methoxy groups -OCH3 is 1. The molecule has 30 heavy (non-hydrogen) atoms. The molecule has 1 amide bonds. The van der Waals surface area contributed by atoms with Gasteiger partial charge in [-0.15, -0.1) is 0 Å². The average molecular weight is 411 g/mol. The van der Waals surface area contributed by atoms with Crippen LogP contribution in [0, 0.1) is 0 Å². The highest BCUT2D eigenvalue weighted by atomic mass is 19.1. The Hall–Kier alpha value is -3.35. The van der Waals surface area contributed by atoms with Gasteiger partial charge in [-0.2, -0.15) is 0 Å². The summed E-state index contributed by atoms with van der Waals surface area (Å²) < 4.78 is 25.7. The molecule has 2 heterocycles. The highest BCUT2D eigenvalue weighted by molar-refractivity contribution is 6.03. The highest BCUT2D eigenvalue weighted by Gasteiger charge is 2.29. The first-order chi connectivity index (χ1) is 14.3. The van der Waals surface area contributed by atoms with E-state index in [-0.39, 0.29) is 17.7 Å². The van der Waals surface area contributed by atoms with Gasteiger partial charge in [-0.25, -0.2) is 4.39 Å². The molecule has 0 spiro atoms. The van der Waals surface area contributed by atoms with Gasteiger partial charge in [-0.05, 0) is 49.1 Å². The minimum atomic E-state index is -0.383. The Morgan fingerprint density at radius 1 is 1.33 bits per heavy atom. The number of nitrogens with zero attached hydrogens (tertiary/aromatic N) is 1. The van der Waals surface area contributed by atoms with Gasteiger partial charge in [0.1, 0.15) is 23.0 Å². The molecule has 0 fully saturated rings. The number of fused-ring (bicyclic) bond motifs is 2. The van der Waals surface area contributed by atoms with Crippen LogP contribution < -0.4 is 20.1 Å². The monoisotopic (exact) mass is 411 g/mol. The molecule has 0 saturated heterocycles. The zero-order valence-electron chi connectivity index (χ0n) is 18.0. The molecular formula is C23H26FN3O3. The van der Waals surface area contributed by atoms with Gasteiger partial charge in [-0.1, -0.05) is 19.9 Å². The van der Waals surface area contributed by atoms with Gasteiger partial charge >= 0.3 is 0 Å². The molecule has 1 aliphatic rings. The fourth-order valence-corrected chi connectivity index (χ4v) is 3.21. The van der Waals surface area contributed by atoms with Crippen molar-refractivity contribution in [2.75, 3.05) is 19.5 Å². The number of hydrogen-bond donors (Lipinski definition) is 2. The molecule has 1 aromatic carbocycles. The molecule has 6 nitrogen and oxygen atoms in total. The van der Waals surface area contributed by atoms with Gasteiger partial charge in [0.05, 0.1) is 18.4 Å². The maximum atomic E-state index is 13.9. The minimum absolute atomic E-state index is 0.259. The zero-order chi connectivity index (χ0) is 22.0.